The van der Waals surface area contributed by atoms with Crippen molar-refractivity contribution in [2.45, 2.75) is 19.8 Å². The van der Waals surface area contributed by atoms with Crippen LogP contribution in [0.3, 0.4) is 0 Å². The quantitative estimate of drug-likeness (QED) is 0.675. The highest BCUT2D eigenvalue weighted by Gasteiger charge is 2.05. The largest absolute Gasteiger partial charge is 0.271 e. The number of nitrogens with one attached hydrogen (secondary N) is 1. The Morgan fingerprint density at radius 2 is 1.71 bits per heavy atom. The van der Waals surface area contributed by atoms with Gasteiger partial charge in [0, 0.05) is 5.56 Å². The molecule has 2 aromatic carbocycles. The summed E-state index contributed by atoms with van der Waals surface area (Å²) in [6.45, 7) is 4.20. The molecule has 0 bridgehead atoms. The summed E-state index contributed by atoms with van der Waals surface area (Å²) in [5.74, 6) is -0.149. The van der Waals surface area contributed by atoms with Crippen LogP contribution in [0.2, 0.25) is 0 Å². The van der Waals surface area contributed by atoms with Gasteiger partial charge in [0.25, 0.3) is 5.91 Å². The Morgan fingerprint density at radius 3 is 2.29 bits per heavy atom. The summed E-state index contributed by atoms with van der Waals surface area (Å²) in [5, 5.41) is 3.86. The van der Waals surface area contributed by atoms with Crippen LogP contribution in [0.1, 0.15) is 41.3 Å². The number of rotatable bonds is 4. The molecule has 3 nitrogen and oxygen atoms in total. The first kappa shape index (κ1) is 14.9. The molecule has 1 amide bonds. The minimum Gasteiger partial charge on any atom is -0.267 e. The van der Waals surface area contributed by atoms with Crippen LogP contribution in [-0.4, -0.2) is 12.1 Å². The molecule has 0 unspecified atom stereocenters. The van der Waals surface area contributed by atoms with E-state index < -0.39 is 0 Å². The molecule has 0 atom stereocenters. The number of hydrogen-bond acceptors (Lipinski definition) is 2. The molecule has 0 heterocycles. The number of carbonyl (C=O) groups excluding carboxylic acids is 1. The summed E-state index contributed by atoms with van der Waals surface area (Å²) in [6, 6.07) is 13.3. The van der Waals surface area contributed by atoms with Crippen molar-refractivity contribution in [2.75, 3.05) is 0 Å². The van der Waals surface area contributed by atoms with Gasteiger partial charge in [0.15, 0.2) is 0 Å². The van der Waals surface area contributed by atoms with Gasteiger partial charge in [-0.25, -0.2) is 9.82 Å². The Bertz CT molecular complexity index is 631. The molecular formula is C17H17FN2O. The smallest absolute Gasteiger partial charge is 0.267 e. The summed E-state index contributed by atoms with van der Waals surface area (Å²) in [7, 11) is 0. The second kappa shape index (κ2) is 6.79. The van der Waals surface area contributed by atoms with Crippen molar-refractivity contribution in [1.29, 1.82) is 0 Å². The monoisotopic (exact) mass is 284 g/mol. The van der Waals surface area contributed by atoms with E-state index in [0.29, 0.717) is 17.0 Å². The van der Waals surface area contributed by atoms with Gasteiger partial charge in [0.2, 0.25) is 0 Å². The lowest BCUT2D eigenvalue weighted by Crippen LogP contribution is -2.17. The van der Waals surface area contributed by atoms with Crippen LogP contribution in [0.5, 0.6) is 0 Å². The van der Waals surface area contributed by atoms with Crippen molar-refractivity contribution in [2.24, 2.45) is 5.10 Å². The molecule has 108 valence electrons. The standard InChI is InChI=1S/C17H17FN2O/c1-12(2)14-5-7-15(8-6-14)17(21)20-19-11-13-3-9-16(18)10-4-13/h3-12H,1-2H3,(H,20,21)/b19-11+. The summed E-state index contributed by atoms with van der Waals surface area (Å²) in [5.41, 5.74) is 4.90. The SMILES string of the molecule is CC(C)c1ccc(C(=O)N/N=C/c2ccc(F)cc2)cc1. The second-order valence-electron chi connectivity index (χ2n) is 5.03. The summed E-state index contributed by atoms with van der Waals surface area (Å²) < 4.78 is 12.7. The van der Waals surface area contributed by atoms with E-state index in [1.807, 2.05) is 12.1 Å². The highest BCUT2D eigenvalue weighted by atomic mass is 19.1. The number of amides is 1. The van der Waals surface area contributed by atoms with E-state index in [1.54, 1.807) is 24.3 Å². The molecule has 1 N–H and O–H groups in total. The molecule has 0 aliphatic carbocycles. The maximum absolute atomic E-state index is 12.7. The van der Waals surface area contributed by atoms with E-state index in [9.17, 15) is 9.18 Å². The van der Waals surface area contributed by atoms with Gasteiger partial charge < -0.3 is 0 Å². The Labute approximate surface area is 123 Å². The van der Waals surface area contributed by atoms with Crippen LogP contribution in [0.4, 0.5) is 4.39 Å². The molecule has 0 aliphatic heterocycles. The second-order valence-corrected chi connectivity index (χ2v) is 5.03. The molecule has 4 heteroatoms. The zero-order valence-corrected chi connectivity index (χ0v) is 12.0. The van der Waals surface area contributed by atoms with Gasteiger partial charge in [-0.15, -0.1) is 0 Å². The Balaban J connectivity index is 1.96. The highest BCUT2D eigenvalue weighted by molar-refractivity contribution is 5.94. The van der Waals surface area contributed by atoms with Crippen molar-refractivity contribution in [3.63, 3.8) is 0 Å². The Hall–Kier alpha value is -2.49. The van der Waals surface area contributed by atoms with Gasteiger partial charge in [-0.3, -0.25) is 4.79 Å². The minimum absolute atomic E-state index is 0.274. The molecule has 0 radical (unpaired) electrons. The number of benzene rings is 2. The van der Waals surface area contributed by atoms with Crippen LogP contribution in [-0.2, 0) is 0 Å². The topological polar surface area (TPSA) is 41.5 Å². The molecule has 0 aromatic heterocycles. The predicted molar refractivity (Wildman–Crippen MR) is 82.0 cm³/mol. The van der Waals surface area contributed by atoms with Gasteiger partial charge in [0.1, 0.15) is 5.82 Å². The first-order valence-corrected chi connectivity index (χ1v) is 6.75. The van der Waals surface area contributed by atoms with Crippen molar-refractivity contribution < 1.29 is 9.18 Å². The summed E-state index contributed by atoms with van der Waals surface area (Å²) in [6.07, 6.45) is 1.47. The van der Waals surface area contributed by atoms with Gasteiger partial charge in [-0.1, -0.05) is 38.1 Å². The molecule has 2 rings (SSSR count). The summed E-state index contributed by atoms with van der Waals surface area (Å²) in [4.78, 5) is 11.9. The van der Waals surface area contributed by atoms with E-state index in [1.165, 1.54) is 23.9 Å². The van der Waals surface area contributed by atoms with Gasteiger partial charge >= 0.3 is 0 Å². The molecule has 21 heavy (non-hydrogen) atoms. The molecule has 0 aliphatic rings. The van der Waals surface area contributed by atoms with Crippen LogP contribution >= 0.6 is 0 Å². The lowest BCUT2D eigenvalue weighted by Gasteiger charge is -2.05. The fourth-order valence-corrected chi connectivity index (χ4v) is 1.80. The number of carbonyl (C=O) groups is 1. The van der Waals surface area contributed by atoms with Crippen molar-refractivity contribution in [3.05, 3.63) is 71.0 Å². The third kappa shape index (κ3) is 4.24. The van der Waals surface area contributed by atoms with E-state index in [2.05, 4.69) is 24.4 Å². The molecule has 0 saturated carbocycles. The maximum atomic E-state index is 12.7. The zero-order chi connectivity index (χ0) is 15.2. The number of hydrazone groups is 1. The lowest BCUT2D eigenvalue weighted by atomic mass is 10.0. The number of nitrogens with zero attached hydrogens (tertiary/aromatic N) is 1. The van der Waals surface area contributed by atoms with Gasteiger partial charge in [0.05, 0.1) is 6.21 Å². The minimum atomic E-state index is -0.304. The average Bonchev–Trinajstić information content (AvgIpc) is 2.49. The van der Waals surface area contributed by atoms with Crippen LogP contribution < -0.4 is 5.43 Å². The van der Waals surface area contributed by atoms with E-state index in [-0.39, 0.29) is 11.7 Å². The fraction of sp³-hybridized carbons (Fsp3) is 0.176. The van der Waals surface area contributed by atoms with Crippen LogP contribution in [0.25, 0.3) is 0 Å². The number of hydrogen-bond donors (Lipinski definition) is 1. The first-order valence-electron chi connectivity index (χ1n) is 6.75. The fourth-order valence-electron chi connectivity index (χ4n) is 1.80. The zero-order valence-electron chi connectivity index (χ0n) is 12.0. The first-order chi connectivity index (χ1) is 10.1. The highest BCUT2D eigenvalue weighted by Crippen LogP contribution is 2.14. The van der Waals surface area contributed by atoms with Gasteiger partial charge in [-0.2, -0.15) is 5.10 Å². The maximum Gasteiger partial charge on any atom is 0.271 e. The third-order valence-electron chi connectivity index (χ3n) is 3.09. The summed E-state index contributed by atoms with van der Waals surface area (Å²) >= 11 is 0. The molecule has 2 aromatic rings. The van der Waals surface area contributed by atoms with Crippen molar-refractivity contribution >= 4 is 12.1 Å². The number of halogens is 1. The molecule has 0 fully saturated rings. The van der Waals surface area contributed by atoms with Gasteiger partial charge in [-0.05, 0) is 41.3 Å². The lowest BCUT2D eigenvalue weighted by molar-refractivity contribution is 0.0955. The van der Waals surface area contributed by atoms with Crippen LogP contribution in [0.15, 0.2) is 53.6 Å². The Kier molecular flexibility index (Phi) is 4.82. The Morgan fingerprint density at radius 1 is 1.10 bits per heavy atom. The molecular weight excluding hydrogens is 267 g/mol. The molecule has 0 spiro atoms. The molecule has 0 saturated heterocycles. The third-order valence-corrected chi connectivity index (χ3v) is 3.09. The van der Waals surface area contributed by atoms with E-state index >= 15 is 0 Å². The van der Waals surface area contributed by atoms with E-state index in [0.717, 1.165) is 0 Å². The predicted octanol–water partition coefficient (Wildman–Crippen LogP) is 3.71. The van der Waals surface area contributed by atoms with Crippen molar-refractivity contribution in [3.8, 4) is 0 Å². The van der Waals surface area contributed by atoms with Crippen molar-refractivity contribution in [1.82, 2.24) is 5.43 Å². The van der Waals surface area contributed by atoms with E-state index in [4.69, 9.17) is 0 Å². The average molecular weight is 284 g/mol. The van der Waals surface area contributed by atoms with Crippen LogP contribution in [0, 0.1) is 5.82 Å². The normalized spacial score (nSPS) is 11.0.